The normalized spacial score (nSPS) is 16.1. The summed E-state index contributed by atoms with van der Waals surface area (Å²) in [5.41, 5.74) is 6.31. The molecule has 0 radical (unpaired) electrons. The Morgan fingerprint density at radius 3 is 2.53 bits per heavy atom. The fraction of sp³-hybridized carbons (Fsp3) is 0.321. The molecule has 0 aliphatic carbocycles. The predicted molar refractivity (Wildman–Crippen MR) is 135 cm³/mol. The molecule has 3 aromatic rings. The van der Waals surface area contributed by atoms with Gasteiger partial charge in [0.15, 0.2) is 0 Å². The van der Waals surface area contributed by atoms with E-state index in [-0.39, 0.29) is 5.91 Å². The molecule has 1 amide bonds. The summed E-state index contributed by atoms with van der Waals surface area (Å²) in [4.78, 5) is 21.8. The van der Waals surface area contributed by atoms with Crippen molar-refractivity contribution < 1.29 is 4.79 Å². The predicted octanol–water partition coefficient (Wildman–Crippen LogP) is 3.93. The summed E-state index contributed by atoms with van der Waals surface area (Å²) in [6, 6.07) is 22.2. The van der Waals surface area contributed by atoms with Crippen LogP contribution in [0.3, 0.4) is 0 Å². The molecule has 1 aliphatic rings. The van der Waals surface area contributed by atoms with Gasteiger partial charge in [0.05, 0.1) is 23.7 Å². The van der Waals surface area contributed by atoms with Gasteiger partial charge in [-0.3, -0.25) is 14.7 Å². The molecule has 1 aromatic heterocycles. The van der Waals surface area contributed by atoms with Gasteiger partial charge in [-0.15, -0.1) is 0 Å². The minimum atomic E-state index is 0.0275. The second kappa shape index (κ2) is 10.6. The molecule has 0 bridgehead atoms. The smallest absolute Gasteiger partial charge is 0.231 e. The van der Waals surface area contributed by atoms with Gasteiger partial charge >= 0.3 is 0 Å². The SMILES string of the molecule is Cc1nc(-c2ccc(C#N)cc2)ccc1CC(=O)N(C)c1ccc(CN2CCN[C@@H](C)C2)cc1. The van der Waals surface area contributed by atoms with E-state index >= 15 is 0 Å². The third-order valence-corrected chi connectivity index (χ3v) is 6.40. The lowest BCUT2D eigenvalue weighted by Gasteiger charge is -2.31. The van der Waals surface area contributed by atoms with Gasteiger partial charge in [-0.1, -0.05) is 30.3 Å². The second-order valence-electron chi connectivity index (χ2n) is 9.02. The molecule has 1 N–H and O–H groups in total. The van der Waals surface area contributed by atoms with Gasteiger partial charge in [0.1, 0.15) is 0 Å². The van der Waals surface area contributed by atoms with Gasteiger partial charge in [0.25, 0.3) is 0 Å². The van der Waals surface area contributed by atoms with Crippen LogP contribution >= 0.6 is 0 Å². The summed E-state index contributed by atoms with van der Waals surface area (Å²) in [5, 5.41) is 12.4. The van der Waals surface area contributed by atoms with Gasteiger partial charge < -0.3 is 10.2 Å². The number of pyridine rings is 1. The number of carbonyl (C=O) groups excluding carboxylic acids is 1. The number of amides is 1. The summed E-state index contributed by atoms with van der Waals surface area (Å²) in [5.74, 6) is 0.0275. The van der Waals surface area contributed by atoms with Crippen LogP contribution in [0.25, 0.3) is 11.3 Å². The first-order valence-corrected chi connectivity index (χ1v) is 11.7. The van der Waals surface area contributed by atoms with E-state index in [9.17, 15) is 4.79 Å². The molecule has 0 unspecified atom stereocenters. The number of rotatable bonds is 6. The van der Waals surface area contributed by atoms with Gasteiger partial charge in [0, 0.05) is 56.2 Å². The van der Waals surface area contributed by atoms with Crippen molar-refractivity contribution in [1.82, 2.24) is 15.2 Å². The molecule has 34 heavy (non-hydrogen) atoms. The van der Waals surface area contributed by atoms with Crippen molar-refractivity contribution in [3.63, 3.8) is 0 Å². The fourth-order valence-corrected chi connectivity index (χ4v) is 4.32. The first-order valence-electron chi connectivity index (χ1n) is 11.7. The zero-order valence-electron chi connectivity index (χ0n) is 20.1. The number of likely N-dealkylation sites (N-methyl/N-ethyl adjacent to an activating group) is 1. The second-order valence-corrected chi connectivity index (χ2v) is 9.02. The minimum Gasteiger partial charge on any atom is -0.315 e. The number of hydrogen-bond donors (Lipinski definition) is 1. The quantitative estimate of drug-likeness (QED) is 0.612. The Hall–Kier alpha value is -3.53. The molecule has 2 aromatic carbocycles. The molecule has 6 nitrogen and oxygen atoms in total. The summed E-state index contributed by atoms with van der Waals surface area (Å²) in [6.45, 7) is 8.22. The van der Waals surface area contributed by atoms with Crippen LogP contribution in [0.5, 0.6) is 0 Å². The Morgan fingerprint density at radius 2 is 1.88 bits per heavy atom. The Labute approximate surface area is 201 Å². The number of aryl methyl sites for hydroxylation is 1. The van der Waals surface area contributed by atoms with Crippen LogP contribution in [-0.4, -0.2) is 48.5 Å². The van der Waals surface area contributed by atoms with Crippen LogP contribution in [0.15, 0.2) is 60.7 Å². The third kappa shape index (κ3) is 5.69. The molecule has 0 saturated carbocycles. The van der Waals surface area contributed by atoms with E-state index in [4.69, 9.17) is 10.2 Å². The highest BCUT2D eigenvalue weighted by Gasteiger charge is 2.17. The highest BCUT2D eigenvalue weighted by atomic mass is 16.2. The van der Waals surface area contributed by atoms with Crippen molar-refractivity contribution >= 4 is 11.6 Å². The van der Waals surface area contributed by atoms with Gasteiger partial charge in [-0.05, 0) is 55.3 Å². The number of carbonyl (C=O) groups is 1. The number of hydrogen-bond acceptors (Lipinski definition) is 5. The van der Waals surface area contributed by atoms with E-state index in [0.29, 0.717) is 18.0 Å². The first-order chi connectivity index (χ1) is 16.4. The standard InChI is InChI=1S/C28H31N5O/c1-20-18-33(15-14-30-20)19-23-6-11-26(12-7-23)32(3)28(34)16-25-10-13-27(31-21(25)2)24-8-4-22(17-29)5-9-24/h4-13,20,30H,14-16,18-19H2,1-3H3/t20-/m0/s1. The maximum absolute atomic E-state index is 13.0. The van der Waals surface area contributed by atoms with E-state index in [1.807, 2.05) is 50.4 Å². The lowest BCUT2D eigenvalue weighted by Crippen LogP contribution is -2.48. The van der Waals surface area contributed by atoms with Crippen LogP contribution < -0.4 is 10.2 Å². The van der Waals surface area contributed by atoms with Crippen molar-refractivity contribution in [2.24, 2.45) is 0 Å². The molecule has 1 aliphatic heterocycles. The summed E-state index contributed by atoms with van der Waals surface area (Å²) >= 11 is 0. The van der Waals surface area contributed by atoms with Gasteiger partial charge in [-0.25, -0.2) is 0 Å². The fourth-order valence-electron chi connectivity index (χ4n) is 4.32. The molecule has 1 saturated heterocycles. The maximum atomic E-state index is 13.0. The Kier molecular flexibility index (Phi) is 7.36. The van der Waals surface area contributed by atoms with Crippen LogP contribution in [0.2, 0.25) is 0 Å². The highest BCUT2D eigenvalue weighted by molar-refractivity contribution is 5.94. The number of nitriles is 1. The van der Waals surface area contributed by atoms with Crippen LogP contribution in [0, 0.1) is 18.3 Å². The van der Waals surface area contributed by atoms with E-state index < -0.39 is 0 Å². The molecule has 6 heteroatoms. The number of nitrogens with one attached hydrogen (secondary N) is 1. The summed E-state index contributed by atoms with van der Waals surface area (Å²) in [6.07, 6.45) is 0.295. The van der Waals surface area contributed by atoms with Crippen molar-refractivity contribution in [1.29, 1.82) is 5.26 Å². The van der Waals surface area contributed by atoms with Crippen molar-refractivity contribution in [2.75, 3.05) is 31.6 Å². The number of nitrogens with zero attached hydrogens (tertiary/aromatic N) is 4. The number of aromatic nitrogens is 1. The molecule has 0 spiro atoms. The van der Waals surface area contributed by atoms with Crippen molar-refractivity contribution in [2.45, 2.75) is 32.9 Å². The highest BCUT2D eigenvalue weighted by Crippen LogP contribution is 2.21. The third-order valence-electron chi connectivity index (χ3n) is 6.40. The molecule has 2 heterocycles. The zero-order chi connectivity index (χ0) is 24.1. The van der Waals surface area contributed by atoms with Crippen molar-refractivity contribution in [3.8, 4) is 17.3 Å². The van der Waals surface area contributed by atoms with Crippen molar-refractivity contribution in [3.05, 3.63) is 83.0 Å². The average Bonchev–Trinajstić information content (AvgIpc) is 2.85. The van der Waals surface area contributed by atoms with E-state index in [1.54, 1.807) is 17.0 Å². The van der Waals surface area contributed by atoms with Gasteiger partial charge in [-0.2, -0.15) is 5.26 Å². The molecular formula is C28H31N5O. The number of anilines is 1. The molecule has 4 rings (SSSR count). The average molecular weight is 454 g/mol. The molecular weight excluding hydrogens is 422 g/mol. The monoisotopic (exact) mass is 453 g/mol. The van der Waals surface area contributed by atoms with Crippen LogP contribution in [-0.2, 0) is 17.8 Å². The molecule has 1 atom stereocenters. The summed E-state index contributed by atoms with van der Waals surface area (Å²) in [7, 11) is 1.82. The van der Waals surface area contributed by atoms with Gasteiger partial charge in [0.2, 0.25) is 5.91 Å². The first kappa shape index (κ1) is 23.6. The lowest BCUT2D eigenvalue weighted by molar-refractivity contribution is -0.117. The molecule has 174 valence electrons. The van der Waals surface area contributed by atoms with E-state index in [2.05, 4.69) is 35.3 Å². The maximum Gasteiger partial charge on any atom is 0.231 e. The largest absolute Gasteiger partial charge is 0.315 e. The van der Waals surface area contributed by atoms with E-state index in [0.717, 1.165) is 54.4 Å². The zero-order valence-corrected chi connectivity index (χ0v) is 20.1. The van der Waals surface area contributed by atoms with E-state index in [1.165, 1.54) is 5.56 Å². The van der Waals surface area contributed by atoms with Crippen LogP contribution in [0.1, 0.15) is 29.3 Å². The molecule has 1 fully saturated rings. The summed E-state index contributed by atoms with van der Waals surface area (Å²) < 4.78 is 0. The number of benzene rings is 2. The topological polar surface area (TPSA) is 72.3 Å². The van der Waals surface area contributed by atoms with Crippen LogP contribution in [0.4, 0.5) is 5.69 Å². The lowest BCUT2D eigenvalue weighted by atomic mass is 10.0. The Morgan fingerprint density at radius 1 is 1.15 bits per heavy atom. The number of piperazine rings is 1. The minimum absolute atomic E-state index is 0.0275. The Bertz CT molecular complexity index is 1180. The Balaban J connectivity index is 1.38.